The quantitative estimate of drug-likeness (QED) is 0.315. The Bertz CT molecular complexity index is 624. The van der Waals surface area contributed by atoms with Gasteiger partial charge >= 0.3 is 0 Å². The van der Waals surface area contributed by atoms with Gasteiger partial charge in [0.25, 0.3) is 0 Å². The third-order valence-electron chi connectivity index (χ3n) is 5.27. The van der Waals surface area contributed by atoms with Crippen molar-refractivity contribution >= 4 is 5.96 Å². The zero-order valence-corrected chi connectivity index (χ0v) is 18.5. The summed E-state index contributed by atoms with van der Waals surface area (Å²) in [5, 5.41) is 6.90. The van der Waals surface area contributed by atoms with E-state index >= 15 is 0 Å². The number of ether oxygens (including phenoxy) is 3. The maximum absolute atomic E-state index is 5.66. The van der Waals surface area contributed by atoms with Crippen molar-refractivity contribution in [2.24, 2.45) is 4.99 Å². The van der Waals surface area contributed by atoms with Crippen LogP contribution in [0.3, 0.4) is 0 Å². The van der Waals surface area contributed by atoms with Crippen molar-refractivity contribution in [2.75, 3.05) is 60.7 Å². The molecule has 7 nitrogen and oxygen atoms in total. The third kappa shape index (κ3) is 7.74. The topological polar surface area (TPSA) is 67.4 Å². The number of hydrogen-bond donors (Lipinski definition) is 2. The smallest absolute Gasteiger partial charge is 0.191 e. The lowest BCUT2D eigenvalue weighted by molar-refractivity contribution is 0.141. The molecule has 2 rings (SSSR count). The Kier molecular flexibility index (Phi) is 10.7. The summed E-state index contributed by atoms with van der Waals surface area (Å²) in [5.41, 5.74) is 1.25. The summed E-state index contributed by atoms with van der Waals surface area (Å²) in [6.45, 7) is 7.35. The summed E-state index contributed by atoms with van der Waals surface area (Å²) in [7, 11) is 5.26. The molecule has 164 valence electrons. The van der Waals surface area contributed by atoms with Crippen LogP contribution in [0.15, 0.2) is 23.2 Å². The average molecular weight is 407 g/mol. The van der Waals surface area contributed by atoms with Crippen molar-refractivity contribution < 1.29 is 14.2 Å². The normalized spacial score (nSPS) is 17.4. The third-order valence-corrected chi connectivity index (χ3v) is 5.27. The van der Waals surface area contributed by atoms with Crippen LogP contribution in [0.5, 0.6) is 11.5 Å². The van der Waals surface area contributed by atoms with E-state index in [-0.39, 0.29) is 0 Å². The first kappa shape index (κ1) is 23.3. The number of aryl methyl sites for hydroxylation is 1. The monoisotopic (exact) mass is 406 g/mol. The highest BCUT2D eigenvalue weighted by molar-refractivity contribution is 5.79. The van der Waals surface area contributed by atoms with Gasteiger partial charge in [-0.3, -0.25) is 9.89 Å². The molecule has 1 aromatic rings. The van der Waals surface area contributed by atoms with E-state index in [1.54, 1.807) is 14.2 Å². The first-order chi connectivity index (χ1) is 14.2. The average Bonchev–Trinajstić information content (AvgIpc) is 3.19. The molecule has 29 heavy (non-hydrogen) atoms. The summed E-state index contributed by atoms with van der Waals surface area (Å²) in [4.78, 5) is 6.86. The summed E-state index contributed by atoms with van der Waals surface area (Å²) >= 11 is 0. The first-order valence-electron chi connectivity index (χ1n) is 10.7. The van der Waals surface area contributed by atoms with Gasteiger partial charge in [-0.05, 0) is 56.8 Å². The molecule has 1 unspecified atom stereocenters. The van der Waals surface area contributed by atoms with Crippen LogP contribution >= 0.6 is 0 Å². The van der Waals surface area contributed by atoms with E-state index < -0.39 is 0 Å². The fourth-order valence-electron chi connectivity index (χ4n) is 3.71. The van der Waals surface area contributed by atoms with Crippen LogP contribution in [-0.2, 0) is 11.2 Å². The molecule has 1 aliphatic heterocycles. The Morgan fingerprint density at radius 3 is 2.83 bits per heavy atom. The molecular formula is C22H38N4O3. The lowest BCUT2D eigenvalue weighted by atomic mass is 10.1. The minimum Gasteiger partial charge on any atom is -0.493 e. The van der Waals surface area contributed by atoms with Gasteiger partial charge < -0.3 is 24.8 Å². The number of nitrogens with zero attached hydrogens (tertiary/aromatic N) is 2. The zero-order chi connectivity index (χ0) is 20.9. The number of hydrogen-bond acceptors (Lipinski definition) is 5. The van der Waals surface area contributed by atoms with Gasteiger partial charge in [0.1, 0.15) is 0 Å². The zero-order valence-electron chi connectivity index (χ0n) is 18.5. The van der Waals surface area contributed by atoms with Gasteiger partial charge in [0.2, 0.25) is 0 Å². The lowest BCUT2D eigenvalue weighted by Crippen LogP contribution is -2.45. The highest BCUT2D eigenvalue weighted by atomic mass is 16.5. The number of likely N-dealkylation sites (tertiary alicyclic amines) is 1. The molecular weight excluding hydrogens is 368 g/mol. The van der Waals surface area contributed by atoms with E-state index in [1.807, 2.05) is 20.0 Å². The number of benzene rings is 1. The van der Waals surface area contributed by atoms with Gasteiger partial charge in [0, 0.05) is 39.8 Å². The fourth-order valence-corrected chi connectivity index (χ4v) is 3.71. The van der Waals surface area contributed by atoms with Gasteiger partial charge in [-0.15, -0.1) is 0 Å². The van der Waals surface area contributed by atoms with Crippen molar-refractivity contribution in [3.05, 3.63) is 23.8 Å². The maximum atomic E-state index is 5.66. The second-order valence-corrected chi connectivity index (χ2v) is 7.23. The minimum absolute atomic E-state index is 0.556. The number of methoxy groups -OCH3 is 2. The molecule has 1 aromatic carbocycles. The Morgan fingerprint density at radius 2 is 2.10 bits per heavy atom. The summed E-state index contributed by atoms with van der Waals surface area (Å²) in [6.07, 6.45) is 4.48. The van der Waals surface area contributed by atoms with Crippen LogP contribution in [0.4, 0.5) is 0 Å². The van der Waals surface area contributed by atoms with Gasteiger partial charge in [-0.25, -0.2) is 0 Å². The molecule has 0 radical (unpaired) electrons. The second-order valence-electron chi connectivity index (χ2n) is 7.23. The Labute approximate surface area is 175 Å². The summed E-state index contributed by atoms with van der Waals surface area (Å²) < 4.78 is 16.2. The molecule has 0 amide bonds. The van der Waals surface area contributed by atoms with Crippen molar-refractivity contribution in [2.45, 2.75) is 38.6 Å². The molecule has 7 heteroatoms. The Balaban J connectivity index is 1.71. The number of guanidine groups is 1. The van der Waals surface area contributed by atoms with Crippen molar-refractivity contribution in [3.63, 3.8) is 0 Å². The molecule has 0 spiro atoms. The highest BCUT2D eigenvalue weighted by Gasteiger charge is 2.23. The van der Waals surface area contributed by atoms with E-state index in [2.05, 4.69) is 32.7 Å². The van der Waals surface area contributed by atoms with Gasteiger partial charge in [-0.2, -0.15) is 0 Å². The largest absolute Gasteiger partial charge is 0.493 e. The predicted molar refractivity (Wildman–Crippen MR) is 118 cm³/mol. The van der Waals surface area contributed by atoms with Crippen LogP contribution in [-0.4, -0.2) is 77.6 Å². The van der Waals surface area contributed by atoms with Crippen LogP contribution in [0.25, 0.3) is 0 Å². The van der Waals surface area contributed by atoms with E-state index in [0.29, 0.717) is 12.6 Å². The molecule has 0 aliphatic carbocycles. The van der Waals surface area contributed by atoms with Gasteiger partial charge in [0.05, 0.1) is 20.3 Å². The van der Waals surface area contributed by atoms with E-state index in [4.69, 9.17) is 14.2 Å². The van der Waals surface area contributed by atoms with Crippen molar-refractivity contribution in [1.29, 1.82) is 0 Å². The molecule has 1 saturated heterocycles. The SMILES string of the molecule is CCOc1cc(CCCNC(=NC)NCC2CCCN2CCOC)ccc1OC. The molecule has 1 aliphatic rings. The number of rotatable bonds is 12. The summed E-state index contributed by atoms with van der Waals surface area (Å²) in [5.74, 6) is 2.46. The molecule has 2 N–H and O–H groups in total. The Hall–Kier alpha value is -1.99. The first-order valence-corrected chi connectivity index (χ1v) is 10.7. The van der Waals surface area contributed by atoms with Crippen molar-refractivity contribution in [3.8, 4) is 11.5 Å². The van der Waals surface area contributed by atoms with E-state index in [0.717, 1.165) is 63.1 Å². The molecule has 0 bridgehead atoms. The Morgan fingerprint density at radius 1 is 1.24 bits per heavy atom. The molecule has 1 atom stereocenters. The predicted octanol–water partition coefficient (Wildman–Crippen LogP) is 2.30. The van der Waals surface area contributed by atoms with E-state index in [9.17, 15) is 0 Å². The van der Waals surface area contributed by atoms with E-state index in [1.165, 1.54) is 18.4 Å². The lowest BCUT2D eigenvalue weighted by Gasteiger charge is -2.25. The molecule has 0 saturated carbocycles. The molecule has 1 heterocycles. The van der Waals surface area contributed by atoms with Gasteiger partial charge in [0.15, 0.2) is 17.5 Å². The van der Waals surface area contributed by atoms with Gasteiger partial charge in [-0.1, -0.05) is 6.07 Å². The maximum Gasteiger partial charge on any atom is 0.191 e. The van der Waals surface area contributed by atoms with Crippen LogP contribution in [0, 0.1) is 0 Å². The molecule has 1 fully saturated rings. The fraction of sp³-hybridized carbons (Fsp3) is 0.682. The van der Waals surface area contributed by atoms with Crippen LogP contribution in [0.2, 0.25) is 0 Å². The second kappa shape index (κ2) is 13.3. The highest BCUT2D eigenvalue weighted by Crippen LogP contribution is 2.28. The van der Waals surface area contributed by atoms with Crippen LogP contribution < -0.4 is 20.1 Å². The summed E-state index contributed by atoms with van der Waals surface area (Å²) in [6, 6.07) is 6.71. The number of nitrogens with one attached hydrogen (secondary N) is 2. The van der Waals surface area contributed by atoms with Crippen molar-refractivity contribution in [1.82, 2.24) is 15.5 Å². The van der Waals surface area contributed by atoms with Crippen LogP contribution in [0.1, 0.15) is 31.7 Å². The number of aliphatic imine (C=N–C) groups is 1. The standard InChI is InChI=1S/C22H38N4O3/c1-5-29-21-16-18(10-11-20(21)28-4)8-6-12-24-22(23-2)25-17-19-9-7-13-26(19)14-15-27-3/h10-11,16,19H,5-9,12-15,17H2,1-4H3,(H2,23,24,25). The molecule has 0 aromatic heterocycles. The minimum atomic E-state index is 0.556.